The van der Waals surface area contributed by atoms with Gasteiger partial charge in [-0.3, -0.25) is 13.8 Å². The smallest absolute Gasteiger partial charge is 0.182 e. The summed E-state index contributed by atoms with van der Waals surface area (Å²) in [5.74, 6) is 0. The average Bonchev–Trinajstić information content (AvgIpc) is 3.36. The Morgan fingerprint density at radius 2 is 1.03 bits per heavy atom. The first-order chi connectivity index (χ1) is 14.9. The minimum Gasteiger partial charge on any atom is -0.289 e. The van der Waals surface area contributed by atoms with E-state index in [9.17, 15) is 0 Å². The lowest BCUT2D eigenvalue weighted by atomic mass is 10.1. The first kappa shape index (κ1) is 15.6. The molecule has 5 heteroatoms. The molecule has 0 aliphatic rings. The molecule has 7 aromatic rings. The first-order valence-corrected chi connectivity index (χ1v) is 9.90. The molecule has 4 heterocycles. The summed E-state index contributed by atoms with van der Waals surface area (Å²) in [6.45, 7) is 0. The van der Waals surface area contributed by atoms with Crippen molar-refractivity contribution in [2.24, 2.45) is 0 Å². The predicted octanol–water partition coefficient (Wildman–Crippen LogP) is 5.55. The zero-order valence-electron chi connectivity index (χ0n) is 15.9. The van der Waals surface area contributed by atoms with Gasteiger partial charge in [-0.25, -0.2) is 9.97 Å². The van der Waals surface area contributed by atoms with Crippen LogP contribution in [0.2, 0.25) is 0 Å². The Balaban J connectivity index is 1.99. The summed E-state index contributed by atoms with van der Waals surface area (Å²) in [5, 5.41) is 2.19. The highest BCUT2D eigenvalue weighted by Crippen LogP contribution is 2.30. The molecule has 0 spiro atoms. The number of imidazole rings is 2. The van der Waals surface area contributed by atoms with Crippen LogP contribution in [-0.2, 0) is 0 Å². The molecule has 0 amide bonds. The molecular formula is C25H15N5. The maximum absolute atomic E-state index is 5.03. The summed E-state index contributed by atoms with van der Waals surface area (Å²) in [7, 11) is 0. The van der Waals surface area contributed by atoms with E-state index in [0.29, 0.717) is 0 Å². The van der Waals surface area contributed by atoms with Crippen LogP contribution in [0.3, 0.4) is 0 Å². The highest BCUT2D eigenvalue weighted by atomic mass is 15.1. The third-order valence-corrected chi connectivity index (χ3v) is 5.80. The van der Waals surface area contributed by atoms with Crippen molar-refractivity contribution in [3.8, 4) is 0 Å². The molecule has 7 rings (SSSR count). The Morgan fingerprint density at radius 3 is 1.70 bits per heavy atom. The van der Waals surface area contributed by atoms with Crippen LogP contribution in [0.15, 0.2) is 91.3 Å². The lowest BCUT2D eigenvalue weighted by molar-refractivity contribution is 1.24. The van der Waals surface area contributed by atoms with Crippen LogP contribution in [-0.4, -0.2) is 23.8 Å². The number of para-hydroxylation sites is 5. The van der Waals surface area contributed by atoms with Crippen molar-refractivity contribution >= 4 is 55.2 Å². The van der Waals surface area contributed by atoms with Crippen LogP contribution >= 0.6 is 0 Å². The van der Waals surface area contributed by atoms with E-state index in [4.69, 9.17) is 9.97 Å². The third-order valence-electron chi connectivity index (χ3n) is 5.80. The van der Waals surface area contributed by atoms with E-state index < -0.39 is 0 Å². The van der Waals surface area contributed by atoms with Gasteiger partial charge in [0.05, 0.1) is 33.1 Å². The SMILES string of the molecule is c1ccc2c(c1)nc1c3nc4ccccc4n3c3ccncc3c3ccccc3n21. The number of fused-ring (bicyclic) bond motifs is 12. The van der Waals surface area contributed by atoms with Crippen molar-refractivity contribution in [1.29, 1.82) is 0 Å². The number of hydrogen-bond donors (Lipinski definition) is 0. The van der Waals surface area contributed by atoms with E-state index in [1.807, 2.05) is 36.7 Å². The number of pyridine rings is 1. The number of nitrogens with zero attached hydrogens (tertiary/aromatic N) is 5. The van der Waals surface area contributed by atoms with Gasteiger partial charge in [-0.15, -0.1) is 0 Å². The largest absolute Gasteiger partial charge is 0.289 e. The van der Waals surface area contributed by atoms with Gasteiger partial charge in [0.25, 0.3) is 0 Å². The monoisotopic (exact) mass is 385 g/mol. The minimum absolute atomic E-state index is 0.828. The van der Waals surface area contributed by atoms with Gasteiger partial charge in [0.1, 0.15) is 0 Å². The van der Waals surface area contributed by atoms with Gasteiger partial charge in [-0.05, 0) is 36.4 Å². The van der Waals surface area contributed by atoms with E-state index in [0.717, 1.165) is 55.2 Å². The molecule has 0 saturated heterocycles. The molecule has 30 heavy (non-hydrogen) atoms. The van der Waals surface area contributed by atoms with Gasteiger partial charge in [0.15, 0.2) is 11.3 Å². The van der Waals surface area contributed by atoms with Crippen LogP contribution < -0.4 is 0 Å². The lowest BCUT2D eigenvalue weighted by Gasteiger charge is -2.07. The summed E-state index contributed by atoms with van der Waals surface area (Å²) in [6, 6.07) is 27.0. The van der Waals surface area contributed by atoms with Crippen molar-refractivity contribution in [1.82, 2.24) is 23.8 Å². The summed E-state index contributed by atoms with van der Waals surface area (Å²) in [5.41, 5.74) is 7.80. The molecule has 3 aromatic carbocycles. The van der Waals surface area contributed by atoms with E-state index in [-0.39, 0.29) is 0 Å². The fourth-order valence-corrected chi connectivity index (χ4v) is 4.53. The molecule has 0 bridgehead atoms. The number of aromatic nitrogens is 5. The van der Waals surface area contributed by atoms with E-state index in [1.54, 1.807) is 0 Å². The molecule has 0 saturated carbocycles. The maximum Gasteiger partial charge on any atom is 0.182 e. The molecule has 0 radical (unpaired) electrons. The standard InChI is InChI=1S/C25H15N5/c1-4-10-20-16(7-1)17-15-26-14-13-21(17)30-23-12-6-3-9-19(23)28-25(30)24-27-18-8-2-5-11-22(18)29(20)24/h1-15H. The zero-order valence-corrected chi connectivity index (χ0v) is 15.9. The van der Waals surface area contributed by atoms with Crippen molar-refractivity contribution in [3.63, 3.8) is 0 Å². The van der Waals surface area contributed by atoms with Crippen molar-refractivity contribution in [2.75, 3.05) is 0 Å². The fraction of sp³-hybridized carbons (Fsp3) is 0. The number of rotatable bonds is 0. The highest BCUT2D eigenvalue weighted by Gasteiger charge is 2.15. The predicted molar refractivity (Wildman–Crippen MR) is 121 cm³/mol. The molecule has 140 valence electrons. The quantitative estimate of drug-likeness (QED) is 0.344. The molecule has 0 unspecified atom stereocenters. The van der Waals surface area contributed by atoms with E-state index >= 15 is 0 Å². The van der Waals surface area contributed by atoms with Gasteiger partial charge in [-0.1, -0.05) is 42.5 Å². The van der Waals surface area contributed by atoms with Crippen molar-refractivity contribution < 1.29 is 0 Å². The minimum atomic E-state index is 0.828. The first-order valence-electron chi connectivity index (χ1n) is 9.90. The van der Waals surface area contributed by atoms with Gasteiger partial charge in [0, 0.05) is 23.2 Å². The van der Waals surface area contributed by atoms with Crippen molar-refractivity contribution in [3.05, 3.63) is 91.3 Å². The summed E-state index contributed by atoms with van der Waals surface area (Å²) < 4.78 is 4.43. The molecule has 0 fully saturated rings. The number of benzene rings is 3. The Labute approximate surface area is 170 Å². The molecule has 5 nitrogen and oxygen atoms in total. The maximum atomic E-state index is 5.03. The second kappa shape index (κ2) is 5.64. The van der Waals surface area contributed by atoms with Gasteiger partial charge in [-0.2, -0.15) is 0 Å². The molecule has 0 N–H and O–H groups in total. The summed E-state index contributed by atoms with van der Waals surface area (Å²) >= 11 is 0. The Kier molecular flexibility index (Phi) is 2.94. The fourth-order valence-electron chi connectivity index (χ4n) is 4.53. The van der Waals surface area contributed by atoms with Gasteiger partial charge in [0.2, 0.25) is 0 Å². The van der Waals surface area contributed by atoms with Crippen LogP contribution in [0.4, 0.5) is 0 Å². The van der Waals surface area contributed by atoms with E-state index in [2.05, 4.69) is 68.4 Å². The molecular weight excluding hydrogens is 370 g/mol. The summed E-state index contributed by atoms with van der Waals surface area (Å²) in [4.78, 5) is 14.5. The normalized spacial score (nSPS) is 12.0. The average molecular weight is 385 g/mol. The Hall–Kier alpha value is -4.25. The lowest BCUT2D eigenvalue weighted by Crippen LogP contribution is -1.94. The Morgan fingerprint density at radius 1 is 0.500 bits per heavy atom. The second-order valence-corrected chi connectivity index (χ2v) is 7.43. The van der Waals surface area contributed by atoms with Gasteiger partial charge < -0.3 is 0 Å². The van der Waals surface area contributed by atoms with Crippen LogP contribution in [0.1, 0.15) is 0 Å². The number of hydrogen-bond acceptors (Lipinski definition) is 3. The molecule has 0 atom stereocenters. The van der Waals surface area contributed by atoms with Crippen molar-refractivity contribution in [2.45, 2.75) is 0 Å². The van der Waals surface area contributed by atoms with E-state index in [1.165, 1.54) is 0 Å². The molecule has 0 aliphatic carbocycles. The van der Waals surface area contributed by atoms with Crippen LogP contribution in [0.5, 0.6) is 0 Å². The summed E-state index contributed by atoms with van der Waals surface area (Å²) in [6.07, 6.45) is 3.78. The Bertz CT molecular complexity index is 1670. The molecule has 4 aromatic heterocycles. The second-order valence-electron chi connectivity index (χ2n) is 7.43. The zero-order chi connectivity index (χ0) is 19.7. The topological polar surface area (TPSA) is 47.5 Å². The third kappa shape index (κ3) is 1.93. The van der Waals surface area contributed by atoms with Crippen LogP contribution in [0, 0.1) is 0 Å². The van der Waals surface area contributed by atoms with Crippen LogP contribution in [0.25, 0.3) is 55.2 Å². The van der Waals surface area contributed by atoms with Gasteiger partial charge >= 0.3 is 0 Å². The molecule has 0 aliphatic heterocycles. The highest BCUT2D eigenvalue weighted by molar-refractivity contribution is 6.07.